The van der Waals surface area contributed by atoms with Crippen LogP contribution in [0.15, 0.2) is 54.0 Å². The minimum atomic E-state index is -0.556. The second kappa shape index (κ2) is 11.8. The molecular weight excluding hydrogens is 564 g/mol. The maximum absolute atomic E-state index is 13.7. The van der Waals surface area contributed by atoms with Gasteiger partial charge in [-0.05, 0) is 26.3 Å². The zero-order valence-electron chi connectivity index (χ0n) is 22.9. The van der Waals surface area contributed by atoms with Crippen molar-refractivity contribution in [1.29, 1.82) is 0 Å². The fourth-order valence-electron chi connectivity index (χ4n) is 4.97. The molecule has 0 bridgehead atoms. The van der Waals surface area contributed by atoms with Crippen LogP contribution < -0.4 is 0 Å². The van der Waals surface area contributed by atoms with Gasteiger partial charge in [-0.1, -0.05) is 54.8 Å². The van der Waals surface area contributed by atoms with Crippen LogP contribution in [0.4, 0.5) is 5.69 Å². The largest absolute Gasteiger partial charge is 0.335 e. The Morgan fingerprint density at radius 2 is 1.88 bits per heavy atom. The molecule has 1 saturated heterocycles. The van der Waals surface area contributed by atoms with Gasteiger partial charge in [-0.15, -0.1) is 11.3 Å². The van der Waals surface area contributed by atoms with E-state index in [0.29, 0.717) is 36.8 Å². The van der Waals surface area contributed by atoms with Gasteiger partial charge in [0, 0.05) is 48.8 Å². The molecule has 0 radical (unpaired) electrons. The predicted molar refractivity (Wildman–Crippen MR) is 158 cm³/mol. The van der Waals surface area contributed by atoms with Crippen LogP contribution >= 0.6 is 22.9 Å². The molecular formula is C29H29ClN6O4S. The SMILES string of the molecule is CCCc1c(C(=O)N2CCN(C(=O)c3ccc([N+](=O)[O-])cc3Cl)C(C)C2)cnn1-c1nc(-c2ccc(C)cc2)cs1. The number of amides is 2. The van der Waals surface area contributed by atoms with Gasteiger partial charge in [-0.2, -0.15) is 5.10 Å². The highest BCUT2D eigenvalue weighted by atomic mass is 35.5. The van der Waals surface area contributed by atoms with Crippen LogP contribution in [0.2, 0.25) is 5.02 Å². The molecule has 1 atom stereocenters. The van der Waals surface area contributed by atoms with Crippen LogP contribution in [0.1, 0.15) is 52.2 Å². The lowest BCUT2D eigenvalue weighted by Crippen LogP contribution is -2.55. The molecule has 1 aliphatic heterocycles. The van der Waals surface area contributed by atoms with E-state index in [2.05, 4.69) is 24.2 Å². The maximum atomic E-state index is 13.7. The smallest absolute Gasteiger partial charge is 0.270 e. The Kier molecular flexibility index (Phi) is 8.18. The van der Waals surface area contributed by atoms with Gasteiger partial charge in [-0.25, -0.2) is 9.67 Å². The van der Waals surface area contributed by atoms with Crippen molar-refractivity contribution < 1.29 is 14.5 Å². The lowest BCUT2D eigenvalue weighted by Gasteiger charge is -2.40. The Bertz CT molecular complexity index is 1620. The summed E-state index contributed by atoms with van der Waals surface area (Å²) in [5.74, 6) is -0.459. The molecule has 4 aromatic rings. The number of carbonyl (C=O) groups excluding carboxylic acids is 2. The van der Waals surface area contributed by atoms with Gasteiger partial charge in [0.2, 0.25) is 5.13 Å². The molecule has 3 heterocycles. The van der Waals surface area contributed by atoms with Crippen molar-refractivity contribution in [3.63, 3.8) is 0 Å². The van der Waals surface area contributed by atoms with E-state index in [1.165, 1.54) is 35.1 Å². The van der Waals surface area contributed by atoms with E-state index in [0.717, 1.165) is 23.4 Å². The van der Waals surface area contributed by atoms with E-state index in [9.17, 15) is 19.7 Å². The Hall–Kier alpha value is -4.09. The summed E-state index contributed by atoms with van der Waals surface area (Å²) in [5, 5.41) is 18.3. The standard InChI is InChI=1S/C29H29ClN6O4S/c1-4-5-26-23(15-31-35(26)29-32-25(17-41-29)20-8-6-18(2)7-9-20)27(37)33-12-13-34(19(3)16-33)28(38)22-11-10-21(36(39)40)14-24(22)30/h6-11,14-15,17,19H,4-5,12-13,16H2,1-3H3. The highest BCUT2D eigenvalue weighted by Crippen LogP contribution is 2.28. The van der Waals surface area contributed by atoms with Crippen molar-refractivity contribution in [3.05, 3.63) is 91.6 Å². The molecule has 41 heavy (non-hydrogen) atoms. The molecule has 0 saturated carbocycles. The Balaban J connectivity index is 1.33. The highest BCUT2D eigenvalue weighted by Gasteiger charge is 2.33. The van der Waals surface area contributed by atoms with Crippen LogP contribution in [0, 0.1) is 17.0 Å². The van der Waals surface area contributed by atoms with Crippen LogP contribution in [-0.4, -0.2) is 67.0 Å². The number of thiazole rings is 1. The summed E-state index contributed by atoms with van der Waals surface area (Å²) in [7, 11) is 0. The van der Waals surface area contributed by atoms with Gasteiger partial charge in [-0.3, -0.25) is 19.7 Å². The number of nitro groups is 1. The molecule has 2 amide bonds. The number of rotatable bonds is 7. The third-order valence-electron chi connectivity index (χ3n) is 7.18. The molecule has 10 nitrogen and oxygen atoms in total. The van der Waals surface area contributed by atoms with Crippen molar-refractivity contribution in [3.8, 4) is 16.4 Å². The first kappa shape index (κ1) is 28.4. The zero-order valence-corrected chi connectivity index (χ0v) is 24.5. The normalized spacial score (nSPS) is 15.3. The Morgan fingerprint density at radius 3 is 2.54 bits per heavy atom. The molecule has 2 aromatic carbocycles. The molecule has 1 aliphatic rings. The number of nitro benzene ring substituents is 1. The number of benzene rings is 2. The van der Waals surface area contributed by atoms with E-state index in [-0.39, 0.29) is 34.1 Å². The molecule has 212 valence electrons. The summed E-state index contributed by atoms with van der Waals surface area (Å²) in [6.45, 7) is 6.95. The average Bonchev–Trinajstić information content (AvgIpc) is 3.60. The van der Waals surface area contributed by atoms with Crippen molar-refractivity contribution in [2.45, 2.75) is 39.7 Å². The number of non-ortho nitro benzene ring substituents is 1. The number of halogens is 1. The minimum absolute atomic E-state index is 0.0271. The lowest BCUT2D eigenvalue weighted by atomic mass is 10.1. The fraction of sp³-hybridized carbons (Fsp3) is 0.310. The first-order chi connectivity index (χ1) is 19.7. The summed E-state index contributed by atoms with van der Waals surface area (Å²) < 4.78 is 1.76. The van der Waals surface area contributed by atoms with E-state index in [4.69, 9.17) is 16.6 Å². The summed E-state index contributed by atoms with van der Waals surface area (Å²) >= 11 is 7.69. The number of aromatic nitrogens is 3. The van der Waals surface area contributed by atoms with E-state index in [1.54, 1.807) is 20.7 Å². The van der Waals surface area contributed by atoms with Gasteiger partial charge in [0.15, 0.2) is 0 Å². The van der Waals surface area contributed by atoms with Gasteiger partial charge < -0.3 is 9.80 Å². The average molecular weight is 593 g/mol. The van der Waals surface area contributed by atoms with Gasteiger partial charge >= 0.3 is 0 Å². The van der Waals surface area contributed by atoms with Crippen molar-refractivity contribution in [2.24, 2.45) is 0 Å². The number of aryl methyl sites for hydroxylation is 1. The Labute approximate surface area is 246 Å². The van der Waals surface area contributed by atoms with Crippen molar-refractivity contribution in [1.82, 2.24) is 24.6 Å². The quantitative estimate of drug-likeness (QED) is 0.198. The van der Waals surface area contributed by atoms with Crippen LogP contribution in [0.5, 0.6) is 0 Å². The van der Waals surface area contributed by atoms with Crippen LogP contribution in [-0.2, 0) is 6.42 Å². The molecule has 12 heteroatoms. The summed E-state index contributed by atoms with van der Waals surface area (Å²) in [5.41, 5.74) is 4.43. The van der Waals surface area contributed by atoms with Crippen molar-refractivity contribution in [2.75, 3.05) is 19.6 Å². The third kappa shape index (κ3) is 5.73. The van der Waals surface area contributed by atoms with E-state index < -0.39 is 4.92 Å². The highest BCUT2D eigenvalue weighted by molar-refractivity contribution is 7.12. The number of nitrogens with zero attached hydrogens (tertiary/aromatic N) is 6. The summed E-state index contributed by atoms with van der Waals surface area (Å²) in [4.78, 5) is 45.6. The molecule has 2 aromatic heterocycles. The monoisotopic (exact) mass is 592 g/mol. The molecule has 1 fully saturated rings. The van der Waals surface area contributed by atoms with Gasteiger partial charge in [0.05, 0.1) is 38.7 Å². The number of hydrogen-bond acceptors (Lipinski definition) is 7. The second-order valence-electron chi connectivity index (χ2n) is 10.1. The molecule has 0 spiro atoms. The Morgan fingerprint density at radius 1 is 1.12 bits per heavy atom. The first-order valence-corrected chi connectivity index (χ1v) is 14.6. The minimum Gasteiger partial charge on any atom is -0.335 e. The third-order valence-corrected chi connectivity index (χ3v) is 8.30. The molecule has 0 N–H and O–H groups in total. The van der Waals surface area contributed by atoms with Crippen LogP contribution in [0.3, 0.4) is 0 Å². The summed E-state index contributed by atoms with van der Waals surface area (Å²) in [6, 6.07) is 11.7. The number of carbonyl (C=O) groups is 2. The number of piperazine rings is 1. The lowest BCUT2D eigenvalue weighted by molar-refractivity contribution is -0.384. The van der Waals surface area contributed by atoms with Gasteiger partial charge in [0.25, 0.3) is 17.5 Å². The second-order valence-corrected chi connectivity index (χ2v) is 11.3. The predicted octanol–water partition coefficient (Wildman–Crippen LogP) is 5.81. The van der Waals surface area contributed by atoms with Crippen molar-refractivity contribution >= 4 is 40.4 Å². The molecule has 1 unspecified atom stereocenters. The first-order valence-electron chi connectivity index (χ1n) is 13.3. The topological polar surface area (TPSA) is 114 Å². The maximum Gasteiger partial charge on any atom is 0.270 e. The van der Waals surface area contributed by atoms with Crippen LogP contribution in [0.25, 0.3) is 16.4 Å². The van der Waals surface area contributed by atoms with E-state index >= 15 is 0 Å². The number of hydrogen-bond donors (Lipinski definition) is 0. The molecule has 0 aliphatic carbocycles. The summed E-state index contributed by atoms with van der Waals surface area (Å²) in [6.07, 6.45) is 3.10. The van der Waals surface area contributed by atoms with E-state index in [1.807, 2.05) is 31.4 Å². The zero-order chi connectivity index (χ0) is 29.3. The fourth-order valence-corrected chi connectivity index (χ4v) is 6.04. The molecule has 5 rings (SSSR count). The van der Waals surface area contributed by atoms with Gasteiger partial charge in [0.1, 0.15) is 0 Å².